The van der Waals surface area contributed by atoms with Gasteiger partial charge in [-0.1, -0.05) is 27.7 Å². The van der Waals surface area contributed by atoms with Crippen molar-refractivity contribution < 1.29 is 0 Å². The average Bonchev–Trinajstić information content (AvgIpc) is 2.72. The van der Waals surface area contributed by atoms with E-state index in [1.807, 2.05) is 0 Å². The number of piperazine rings is 1. The summed E-state index contributed by atoms with van der Waals surface area (Å²) in [5.74, 6) is 0.799. The normalized spacial score (nSPS) is 41.8. The number of nitrogens with zero attached hydrogens (tertiary/aromatic N) is 2. The fourth-order valence-corrected chi connectivity index (χ4v) is 4.02. The van der Waals surface area contributed by atoms with Crippen molar-refractivity contribution in [3.8, 4) is 0 Å². The Bertz CT molecular complexity index is 297. The first-order valence-electron chi connectivity index (χ1n) is 7.49. The van der Waals surface area contributed by atoms with E-state index < -0.39 is 0 Å². The molecule has 1 aliphatic carbocycles. The van der Waals surface area contributed by atoms with Gasteiger partial charge in [0.05, 0.1) is 0 Å². The monoisotopic (exact) mass is 236 g/mol. The molecule has 2 nitrogen and oxygen atoms in total. The van der Waals surface area contributed by atoms with Crippen LogP contribution in [0, 0.1) is 11.3 Å². The maximum atomic E-state index is 2.87. The highest BCUT2D eigenvalue weighted by Crippen LogP contribution is 2.50. The summed E-state index contributed by atoms with van der Waals surface area (Å²) >= 11 is 0. The van der Waals surface area contributed by atoms with Gasteiger partial charge in [0, 0.05) is 31.2 Å². The molecule has 3 atom stereocenters. The van der Waals surface area contributed by atoms with Gasteiger partial charge >= 0.3 is 0 Å². The molecule has 0 bridgehead atoms. The van der Waals surface area contributed by atoms with E-state index in [4.69, 9.17) is 0 Å². The van der Waals surface area contributed by atoms with Gasteiger partial charge < -0.3 is 0 Å². The number of hydrogen-bond acceptors (Lipinski definition) is 2. The van der Waals surface area contributed by atoms with Crippen molar-refractivity contribution in [1.82, 2.24) is 9.80 Å². The van der Waals surface area contributed by atoms with E-state index in [2.05, 4.69) is 37.5 Å². The van der Waals surface area contributed by atoms with Crippen molar-refractivity contribution in [3.05, 3.63) is 0 Å². The van der Waals surface area contributed by atoms with Crippen molar-refractivity contribution in [1.29, 1.82) is 0 Å². The molecule has 0 aromatic rings. The molecular formula is C15H28N2. The molecule has 1 saturated carbocycles. The second kappa shape index (κ2) is 3.96. The second-order valence-corrected chi connectivity index (χ2v) is 7.51. The molecule has 98 valence electrons. The van der Waals surface area contributed by atoms with E-state index in [0.29, 0.717) is 5.41 Å². The highest BCUT2D eigenvalue weighted by molar-refractivity contribution is 5.08. The fourth-order valence-electron chi connectivity index (χ4n) is 4.02. The van der Waals surface area contributed by atoms with Gasteiger partial charge in [0.15, 0.2) is 0 Å². The standard InChI is InChI=1S/C15H28N2/c1-11(2)13-10-16-7-5-6-12(16)9-17(13)14-8-15(14,3)4/h11-14H,5-10H2,1-4H3. The molecule has 3 aliphatic rings. The third kappa shape index (κ3) is 2.04. The lowest BCUT2D eigenvalue weighted by Gasteiger charge is -2.46. The Morgan fingerprint density at radius 3 is 2.47 bits per heavy atom. The van der Waals surface area contributed by atoms with E-state index in [-0.39, 0.29) is 0 Å². The van der Waals surface area contributed by atoms with Gasteiger partial charge in [-0.15, -0.1) is 0 Å². The minimum Gasteiger partial charge on any atom is -0.298 e. The molecule has 2 heteroatoms. The Balaban J connectivity index is 1.75. The molecular weight excluding hydrogens is 208 g/mol. The van der Waals surface area contributed by atoms with Crippen LogP contribution in [0.5, 0.6) is 0 Å². The van der Waals surface area contributed by atoms with Crippen LogP contribution in [-0.4, -0.2) is 47.6 Å². The lowest BCUT2D eigenvalue weighted by atomic mass is 9.96. The van der Waals surface area contributed by atoms with Crippen LogP contribution < -0.4 is 0 Å². The summed E-state index contributed by atoms with van der Waals surface area (Å²) in [5.41, 5.74) is 0.591. The highest BCUT2D eigenvalue weighted by Gasteiger charge is 2.53. The number of hydrogen-bond donors (Lipinski definition) is 0. The zero-order valence-corrected chi connectivity index (χ0v) is 11.9. The smallest absolute Gasteiger partial charge is 0.0250 e. The summed E-state index contributed by atoms with van der Waals surface area (Å²) in [6, 6.07) is 2.55. The van der Waals surface area contributed by atoms with Gasteiger partial charge in [-0.2, -0.15) is 0 Å². The second-order valence-electron chi connectivity index (χ2n) is 7.51. The molecule has 0 radical (unpaired) electrons. The van der Waals surface area contributed by atoms with Crippen LogP contribution in [0.3, 0.4) is 0 Å². The molecule has 17 heavy (non-hydrogen) atoms. The van der Waals surface area contributed by atoms with Crippen molar-refractivity contribution >= 4 is 0 Å². The van der Waals surface area contributed by atoms with Gasteiger partial charge in [0.1, 0.15) is 0 Å². The van der Waals surface area contributed by atoms with Crippen LogP contribution in [0.25, 0.3) is 0 Å². The largest absolute Gasteiger partial charge is 0.298 e. The topological polar surface area (TPSA) is 6.48 Å². The Labute approximate surface area is 106 Å². The van der Waals surface area contributed by atoms with Crippen LogP contribution in [0.4, 0.5) is 0 Å². The summed E-state index contributed by atoms with van der Waals surface area (Å²) in [6.07, 6.45) is 4.29. The Morgan fingerprint density at radius 2 is 1.88 bits per heavy atom. The van der Waals surface area contributed by atoms with E-state index in [0.717, 1.165) is 24.0 Å². The summed E-state index contributed by atoms with van der Waals surface area (Å²) in [6.45, 7) is 13.7. The molecule has 0 aromatic heterocycles. The van der Waals surface area contributed by atoms with E-state index >= 15 is 0 Å². The minimum absolute atomic E-state index is 0.591. The molecule has 3 unspecified atom stereocenters. The summed E-state index contributed by atoms with van der Waals surface area (Å²) in [5, 5.41) is 0. The lowest BCUT2D eigenvalue weighted by molar-refractivity contribution is 0.0165. The zero-order chi connectivity index (χ0) is 12.2. The maximum absolute atomic E-state index is 2.87. The predicted octanol–water partition coefficient (Wildman–Crippen LogP) is 2.59. The quantitative estimate of drug-likeness (QED) is 0.727. The summed E-state index contributed by atoms with van der Waals surface area (Å²) in [4.78, 5) is 5.63. The van der Waals surface area contributed by atoms with Gasteiger partial charge in [-0.25, -0.2) is 0 Å². The van der Waals surface area contributed by atoms with E-state index in [1.165, 1.54) is 38.9 Å². The predicted molar refractivity (Wildman–Crippen MR) is 72.1 cm³/mol. The lowest BCUT2D eigenvalue weighted by Crippen LogP contribution is -2.59. The third-order valence-electron chi connectivity index (χ3n) is 5.40. The highest BCUT2D eigenvalue weighted by atomic mass is 15.3. The first kappa shape index (κ1) is 12.0. The maximum Gasteiger partial charge on any atom is 0.0250 e. The minimum atomic E-state index is 0.591. The summed E-state index contributed by atoms with van der Waals surface area (Å²) < 4.78 is 0. The van der Waals surface area contributed by atoms with Gasteiger partial charge in [-0.05, 0) is 37.1 Å². The number of fused-ring (bicyclic) bond motifs is 1. The molecule has 0 spiro atoms. The van der Waals surface area contributed by atoms with E-state index in [1.54, 1.807) is 0 Å². The first-order chi connectivity index (χ1) is 7.99. The Kier molecular flexibility index (Phi) is 2.79. The number of rotatable bonds is 2. The Morgan fingerprint density at radius 1 is 1.18 bits per heavy atom. The van der Waals surface area contributed by atoms with Crippen LogP contribution in [0.1, 0.15) is 47.0 Å². The van der Waals surface area contributed by atoms with Crippen molar-refractivity contribution in [2.75, 3.05) is 19.6 Å². The van der Waals surface area contributed by atoms with Crippen molar-refractivity contribution in [3.63, 3.8) is 0 Å². The molecule has 0 N–H and O–H groups in total. The van der Waals surface area contributed by atoms with Crippen LogP contribution in [-0.2, 0) is 0 Å². The van der Waals surface area contributed by atoms with Gasteiger partial charge in [0.25, 0.3) is 0 Å². The van der Waals surface area contributed by atoms with E-state index in [9.17, 15) is 0 Å². The molecule has 3 fully saturated rings. The zero-order valence-electron chi connectivity index (χ0n) is 11.9. The average molecular weight is 236 g/mol. The Hall–Kier alpha value is -0.0800. The molecule has 2 saturated heterocycles. The first-order valence-corrected chi connectivity index (χ1v) is 7.49. The van der Waals surface area contributed by atoms with Crippen molar-refractivity contribution in [2.24, 2.45) is 11.3 Å². The molecule has 2 heterocycles. The van der Waals surface area contributed by atoms with Gasteiger partial charge in [-0.3, -0.25) is 9.80 Å². The SMILES string of the molecule is CC(C)C1CN2CCCC2CN1C1CC1(C)C. The molecule has 0 aromatic carbocycles. The fraction of sp³-hybridized carbons (Fsp3) is 1.00. The van der Waals surface area contributed by atoms with Crippen LogP contribution in [0.15, 0.2) is 0 Å². The molecule has 3 rings (SSSR count). The van der Waals surface area contributed by atoms with Crippen LogP contribution >= 0.6 is 0 Å². The molecule has 2 aliphatic heterocycles. The van der Waals surface area contributed by atoms with Gasteiger partial charge in [0.2, 0.25) is 0 Å². The third-order valence-corrected chi connectivity index (χ3v) is 5.40. The van der Waals surface area contributed by atoms with Crippen molar-refractivity contribution in [2.45, 2.75) is 65.1 Å². The summed E-state index contributed by atoms with van der Waals surface area (Å²) in [7, 11) is 0. The van der Waals surface area contributed by atoms with Crippen LogP contribution in [0.2, 0.25) is 0 Å². The molecule has 0 amide bonds.